The fourth-order valence-electron chi connectivity index (χ4n) is 3.53. The van der Waals surface area contributed by atoms with Crippen molar-refractivity contribution >= 4 is 34.9 Å². The molecule has 5 rings (SSSR count). The Balaban J connectivity index is 1.91. The lowest BCUT2D eigenvalue weighted by molar-refractivity contribution is 0.672. The number of fused-ring (bicyclic) bond motifs is 2. The SMILES string of the molecule is CC1=Cc2nc3c(-c4ccc(Cl)cc4)c(-c4ccccc4Cl)nn3c(=O)n2C1. The minimum Gasteiger partial charge on any atom is -0.272 e. The summed E-state index contributed by atoms with van der Waals surface area (Å²) in [5, 5.41) is 5.82. The van der Waals surface area contributed by atoms with Crippen molar-refractivity contribution in [2.45, 2.75) is 13.5 Å². The number of benzene rings is 2. The molecule has 28 heavy (non-hydrogen) atoms. The molecule has 0 saturated carbocycles. The highest BCUT2D eigenvalue weighted by molar-refractivity contribution is 6.33. The van der Waals surface area contributed by atoms with Crippen LogP contribution in [0.4, 0.5) is 0 Å². The normalized spacial score (nSPS) is 13.0. The highest BCUT2D eigenvalue weighted by Crippen LogP contribution is 2.37. The van der Waals surface area contributed by atoms with E-state index < -0.39 is 0 Å². The zero-order valence-electron chi connectivity index (χ0n) is 14.9. The van der Waals surface area contributed by atoms with Crippen LogP contribution in [0.2, 0.25) is 10.0 Å². The highest BCUT2D eigenvalue weighted by Gasteiger charge is 2.24. The molecule has 3 heterocycles. The summed E-state index contributed by atoms with van der Waals surface area (Å²) in [7, 11) is 0. The van der Waals surface area contributed by atoms with Crippen molar-refractivity contribution in [3.05, 3.63) is 80.5 Å². The summed E-state index contributed by atoms with van der Waals surface area (Å²) in [4.78, 5) is 17.8. The van der Waals surface area contributed by atoms with E-state index in [0.717, 1.165) is 22.3 Å². The van der Waals surface area contributed by atoms with Gasteiger partial charge in [-0.05, 0) is 42.3 Å². The van der Waals surface area contributed by atoms with Crippen molar-refractivity contribution in [3.8, 4) is 22.4 Å². The minimum atomic E-state index is -0.221. The number of halogens is 2. The lowest BCUT2D eigenvalue weighted by Crippen LogP contribution is -2.28. The molecule has 7 heteroatoms. The summed E-state index contributed by atoms with van der Waals surface area (Å²) in [6, 6.07) is 14.8. The van der Waals surface area contributed by atoms with Crippen LogP contribution in [0, 0.1) is 0 Å². The zero-order valence-corrected chi connectivity index (χ0v) is 16.4. The van der Waals surface area contributed by atoms with Gasteiger partial charge in [-0.3, -0.25) is 4.57 Å². The Morgan fingerprint density at radius 3 is 2.54 bits per heavy atom. The zero-order chi connectivity index (χ0) is 19.4. The third-order valence-electron chi connectivity index (χ3n) is 4.82. The van der Waals surface area contributed by atoms with E-state index in [1.54, 1.807) is 22.8 Å². The third kappa shape index (κ3) is 2.58. The van der Waals surface area contributed by atoms with Gasteiger partial charge in [0, 0.05) is 10.6 Å². The van der Waals surface area contributed by atoms with E-state index >= 15 is 0 Å². The first-order valence-corrected chi connectivity index (χ1v) is 9.50. The average molecular weight is 409 g/mol. The largest absolute Gasteiger partial charge is 0.352 e. The molecule has 0 N–H and O–H groups in total. The van der Waals surface area contributed by atoms with Crippen LogP contribution in [0.1, 0.15) is 12.7 Å². The lowest BCUT2D eigenvalue weighted by atomic mass is 10.0. The Kier molecular flexibility index (Phi) is 3.89. The Morgan fingerprint density at radius 1 is 1.04 bits per heavy atom. The topological polar surface area (TPSA) is 52.2 Å². The fraction of sp³-hybridized carbons (Fsp3) is 0.0952. The molecule has 4 aromatic rings. The predicted octanol–water partition coefficient (Wildman–Crippen LogP) is 4.95. The first kappa shape index (κ1) is 17.2. The summed E-state index contributed by atoms with van der Waals surface area (Å²) in [5.41, 5.74) is 4.34. The molecule has 0 unspecified atom stereocenters. The number of hydrogen-bond acceptors (Lipinski definition) is 3. The first-order chi connectivity index (χ1) is 13.5. The Morgan fingerprint density at radius 2 is 1.79 bits per heavy atom. The van der Waals surface area contributed by atoms with Gasteiger partial charge in [0.2, 0.25) is 0 Å². The van der Waals surface area contributed by atoms with Crippen molar-refractivity contribution < 1.29 is 0 Å². The highest BCUT2D eigenvalue weighted by atomic mass is 35.5. The Bertz CT molecular complexity index is 1330. The van der Waals surface area contributed by atoms with Crippen molar-refractivity contribution in [1.29, 1.82) is 0 Å². The van der Waals surface area contributed by atoms with E-state index in [0.29, 0.717) is 33.8 Å². The summed E-state index contributed by atoms with van der Waals surface area (Å²) in [6.45, 7) is 2.50. The van der Waals surface area contributed by atoms with Gasteiger partial charge in [-0.1, -0.05) is 53.5 Å². The molecule has 0 aliphatic carbocycles. The summed E-state index contributed by atoms with van der Waals surface area (Å²) in [5.74, 6) is 0.635. The fourth-order valence-corrected chi connectivity index (χ4v) is 3.88. The standard InChI is InChI=1S/C21H14Cl2N4O/c1-12-10-17-24-20-18(13-6-8-14(22)9-7-13)19(15-4-2-3-5-16(15)23)25-27(20)21(28)26(17)11-12/h2-10H,11H2,1H3. The Hall–Kier alpha value is -2.89. The van der Waals surface area contributed by atoms with Crippen LogP contribution in [0.3, 0.4) is 0 Å². The predicted molar refractivity (Wildman–Crippen MR) is 112 cm³/mol. The monoisotopic (exact) mass is 408 g/mol. The maximum absolute atomic E-state index is 13.1. The lowest BCUT2D eigenvalue weighted by Gasteiger charge is -2.06. The molecule has 0 fully saturated rings. The maximum atomic E-state index is 13.1. The number of hydrogen-bond donors (Lipinski definition) is 0. The van der Waals surface area contributed by atoms with E-state index in [9.17, 15) is 4.79 Å². The van der Waals surface area contributed by atoms with Crippen LogP contribution in [0.5, 0.6) is 0 Å². The molecule has 0 spiro atoms. The summed E-state index contributed by atoms with van der Waals surface area (Å²) in [6.07, 6.45) is 1.93. The van der Waals surface area contributed by atoms with Crippen LogP contribution < -0.4 is 5.69 Å². The molecule has 1 aliphatic heterocycles. The van der Waals surface area contributed by atoms with Gasteiger partial charge in [-0.2, -0.15) is 9.61 Å². The molecule has 0 bridgehead atoms. The molecule has 1 aliphatic rings. The van der Waals surface area contributed by atoms with Gasteiger partial charge in [0.1, 0.15) is 11.5 Å². The number of allylic oxidation sites excluding steroid dienone is 1. The molecule has 0 saturated heterocycles. The second kappa shape index (κ2) is 6.33. The molecule has 0 radical (unpaired) electrons. The molecule has 0 amide bonds. The van der Waals surface area contributed by atoms with E-state index in [1.165, 1.54) is 4.52 Å². The average Bonchev–Trinajstić information content (AvgIpc) is 3.24. The van der Waals surface area contributed by atoms with Gasteiger partial charge >= 0.3 is 5.69 Å². The van der Waals surface area contributed by atoms with Crippen molar-refractivity contribution in [2.75, 3.05) is 0 Å². The van der Waals surface area contributed by atoms with E-state index in [1.807, 2.05) is 43.3 Å². The van der Waals surface area contributed by atoms with Gasteiger partial charge < -0.3 is 0 Å². The molecule has 5 nitrogen and oxygen atoms in total. The van der Waals surface area contributed by atoms with Gasteiger partial charge in [0.05, 0.1) is 17.1 Å². The van der Waals surface area contributed by atoms with Gasteiger partial charge in [-0.15, -0.1) is 0 Å². The first-order valence-electron chi connectivity index (χ1n) is 8.74. The maximum Gasteiger partial charge on any atom is 0.352 e. The van der Waals surface area contributed by atoms with Crippen LogP contribution in [-0.2, 0) is 6.54 Å². The van der Waals surface area contributed by atoms with Gasteiger partial charge in [0.15, 0.2) is 5.65 Å². The van der Waals surface area contributed by atoms with Crippen LogP contribution >= 0.6 is 23.2 Å². The van der Waals surface area contributed by atoms with Crippen molar-refractivity contribution in [2.24, 2.45) is 0 Å². The van der Waals surface area contributed by atoms with Gasteiger partial charge in [-0.25, -0.2) is 9.78 Å². The quantitative estimate of drug-likeness (QED) is 0.471. The van der Waals surface area contributed by atoms with Crippen molar-refractivity contribution in [1.82, 2.24) is 19.2 Å². The summed E-state index contributed by atoms with van der Waals surface area (Å²) >= 11 is 12.5. The smallest absolute Gasteiger partial charge is 0.272 e. The third-order valence-corrected chi connectivity index (χ3v) is 5.40. The second-order valence-electron chi connectivity index (χ2n) is 6.78. The molecule has 0 atom stereocenters. The molecule has 138 valence electrons. The molecule has 2 aromatic heterocycles. The van der Waals surface area contributed by atoms with Crippen LogP contribution in [-0.4, -0.2) is 19.2 Å². The number of aromatic nitrogens is 4. The molecule has 2 aromatic carbocycles. The van der Waals surface area contributed by atoms with E-state index in [2.05, 4.69) is 5.10 Å². The van der Waals surface area contributed by atoms with Crippen LogP contribution in [0.15, 0.2) is 58.9 Å². The minimum absolute atomic E-state index is 0.221. The summed E-state index contributed by atoms with van der Waals surface area (Å²) < 4.78 is 2.98. The van der Waals surface area contributed by atoms with Crippen molar-refractivity contribution in [3.63, 3.8) is 0 Å². The molecular formula is C21H14Cl2N4O. The Labute approximate surface area is 170 Å². The van der Waals surface area contributed by atoms with E-state index in [-0.39, 0.29) is 5.69 Å². The van der Waals surface area contributed by atoms with E-state index in [4.69, 9.17) is 28.2 Å². The van der Waals surface area contributed by atoms with Crippen LogP contribution in [0.25, 0.3) is 34.1 Å². The number of rotatable bonds is 2. The van der Waals surface area contributed by atoms with Gasteiger partial charge in [0.25, 0.3) is 0 Å². The second-order valence-corrected chi connectivity index (χ2v) is 7.62. The number of nitrogens with zero attached hydrogens (tertiary/aromatic N) is 4. The molecular weight excluding hydrogens is 395 g/mol.